The smallest absolute Gasteiger partial charge is 0.257 e. The summed E-state index contributed by atoms with van der Waals surface area (Å²) in [6.45, 7) is 0.909. The highest BCUT2D eigenvalue weighted by Crippen LogP contribution is 2.29. The van der Waals surface area contributed by atoms with Crippen molar-refractivity contribution in [2.75, 3.05) is 13.6 Å². The highest BCUT2D eigenvalue weighted by Gasteiger charge is 2.25. The van der Waals surface area contributed by atoms with E-state index in [1.807, 2.05) is 11.9 Å². The van der Waals surface area contributed by atoms with Gasteiger partial charge in [-0.15, -0.1) is 0 Å². The van der Waals surface area contributed by atoms with Gasteiger partial charge >= 0.3 is 0 Å². The van der Waals surface area contributed by atoms with Crippen molar-refractivity contribution in [3.05, 3.63) is 27.7 Å². The molecule has 1 aromatic carbocycles. The number of carbonyl (C=O) groups is 1. The largest absolute Gasteiger partial charge is 0.506 e. The van der Waals surface area contributed by atoms with E-state index in [9.17, 15) is 9.90 Å². The highest BCUT2D eigenvalue weighted by molar-refractivity contribution is 6.36. The van der Waals surface area contributed by atoms with E-state index >= 15 is 0 Å². The van der Waals surface area contributed by atoms with Gasteiger partial charge < -0.3 is 5.11 Å². The van der Waals surface area contributed by atoms with Gasteiger partial charge in [0.15, 0.2) is 0 Å². The zero-order chi connectivity index (χ0) is 15.4. The molecule has 1 heterocycles. The van der Waals surface area contributed by atoms with Gasteiger partial charge in [0.05, 0.1) is 17.3 Å². The molecular formula is C14H17Cl2N3O2. The average Bonchev–Trinajstić information content (AvgIpc) is 2.44. The maximum absolute atomic E-state index is 12.0. The second kappa shape index (κ2) is 7.11. The highest BCUT2D eigenvalue weighted by atomic mass is 35.5. The zero-order valence-electron chi connectivity index (χ0n) is 11.6. The number of likely N-dealkylation sites (tertiary alicyclic amines) is 1. The molecule has 2 N–H and O–H groups in total. The van der Waals surface area contributed by atoms with Crippen LogP contribution in [0.15, 0.2) is 17.2 Å². The fourth-order valence-corrected chi connectivity index (χ4v) is 2.84. The van der Waals surface area contributed by atoms with Crippen molar-refractivity contribution in [2.24, 2.45) is 5.10 Å². The number of nitrogens with one attached hydrogen (secondary N) is 1. The van der Waals surface area contributed by atoms with Crippen molar-refractivity contribution in [2.45, 2.75) is 25.3 Å². The van der Waals surface area contributed by atoms with E-state index in [1.165, 1.54) is 18.3 Å². The summed E-state index contributed by atoms with van der Waals surface area (Å²) in [4.78, 5) is 14.1. The number of hydrazone groups is 1. The van der Waals surface area contributed by atoms with Gasteiger partial charge in [0.25, 0.3) is 5.91 Å². The van der Waals surface area contributed by atoms with Crippen LogP contribution in [-0.4, -0.2) is 41.8 Å². The Balaban J connectivity index is 2.00. The molecule has 114 valence electrons. The standard InChI is InChI=1S/C14H17Cl2N3O2/c1-19-5-3-2-4-12(19)14(21)18-17-8-9-6-10(15)7-11(16)13(9)20/h6-8,12,20H,2-5H2,1H3,(H,18,21). The van der Waals surface area contributed by atoms with Crippen LogP contribution in [0, 0.1) is 0 Å². The van der Waals surface area contributed by atoms with Crippen LogP contribution in [-0.2, 0) is 4.79 Å². The van der Waals surface area contributed by atoms with Crippen LogP contribution in [0.1, 0.15) is 24.8 Å². The van der Waals surface area contributed by atoms with Crippen LogP contribution < -0.4 is 5.43 Å². The summed E-state index contributed by atoms with van der Waals surface area (Å²) in [7, 11) is 1.93. The molecule has 1 amide bonds. The SMILES string of the molecule is CN1CCCCC1C(=O)NN=Cc1cc(Cl)cc(Cl)c1O. The van der Waals surface area contributed by atoms with Crippen LogP contribution in [0.4, 0.5) is 0 Å². The van der Waals surface area contributed by atoms with Gasteiger partial charge in [-0.05, 0) is 38.6 Å². The van der Waals surface area contributed by atoms with Crippen molar-refractivity contribution >= 4 is 35.3 Å². The molecule has 7 heteroatoms. The number of nitrogens with zero attached hydrogens (tertiary/aromatic N) is 2. The summed E-state index contributed by atoms with van der Waals surface area (Å²) < 4.78 is 0. The van der Waals surface area contributed by atoms with Crippen molar-refractivity contribution < 1.29 is 9.90 Å². The molecule has 0 spiro atoms. The third-order valence-corrected chi connectivity index (χ3v) is 4.02. The molecule has 1 aliphatic heterocycles. The Morgan fingerprint density at radius 3 is 2.95 bits per heavy atom. The van der Waals surface area contributed by atoms with Crippen molar-refractivity contribution in [3.8, 4) is 5.75 Å². The fraction of sp³-hybridized carbons (Fsp3) is 0.429. The van der Waals surface area contributed by atoms with Crippen LogP contribution in [0.3, 0.4) is 0 Å². The summed E-state index contributed by atoms with van der Waals surface area (Å²) in [5.41, 5.74) is 2.84. The number of carbonyl (C=O) groups excluding carboxylic acids is 1. The number of halogens is 2. The van der Waals surface area contributed by atoms with Gasteiger partial charge in [0.1, 0.15) is 5.75 Å². The van der Waals surface area contributed by atoms with Gasteiger partial charge in [0.2, 0.25) is 0 Å². The second-order valence-corrected chi connectivity index (χ2v) is 5.90. The molecule has 0 saturated carbocycles. The predicted octanol–water partition coefficient (Wildman–Crippen LogP) is 2.63. The van der Waals surface area contributed by atoms with E-state index < -0.39 is 0 Å². The van der Waals surface area contributed by atoms with Crippen LogP contribution in [0.2, 0.25) is 10.0 Å². The van der Waals surface area contributed by atoms with E-state index in [4.69, 9.17) is 23.2 Å². The molecule has 0 aromatic heterocycles. The van der Waals surface area contributed by atoms with Crippen molar-refractivity contribution in [1.29, 1.82) is 0 Å². The van der Waals surface area contributed by atoms with Gasteiger partial charge in [-0.1, -0.05) is 29.6 Å². The van der Waals surface area contributed by atoms with Crippen LogP contribution in [0.25, 0.3) is 0 Å². The molecule has 0 aliphatic carbocycles. The number of piperidine rings is 1. The van der Waals surface area contributed by atoms with E-state index in [2.05, 4.69) is 10.5 Å². The van der Waals surface area contributed by atoms with Crippen molar-refractivity contribution in [3.63, 3.8) is 0 Å². The molecule has 21 heavy (non-hydrogen) atoms. The molecule has 1 aromatic rings. The molecule has 0 radical (unpaired) electrons. The Labute approximate surface area is 133 Å². The first kappa shape index (κ1) is 16.1. The predicted molar refractivity (Wildman–Crippen MR) is 84.1 cm³/mol. The molecule has 1 atom stereocenters. The summed E-state index contributed by atoms with van der Waals surface area (Å²) in [6, 6.07) is 2.80. The van der Waals surface area contributed by atoms with Crippen LogP contribution in [0.5, 0.6) is 5.75 Å². The van der Waals surface area contributed by atoms with Gasteiger partial charge in [0, 0.05) is 10.6 Å². The molecule has 1 fully saturated rings. The molecule has 2 rings (SSSR count). The van der Waals surface area contributed by atoms with Crippen molar-refractivity contribution in [1.82, 2.24) is 10.3 Å². The second-order valence-electron chi connectivity index (χ2n) is 5.05. The number of amides is 1. The summed E-state index contributed by atoms with van der Waals surface area (Å²) in [5.74, 6) is -0.269. The Bertz CT molecular complexity index is 563. The molecule has 1 unspecified atom stereocenters. The Kier molecular flexibility index (Phi) is 5.45. The lowest BCUT2D eigenvalue weighted by Crippen LogP contribution is -2.46. The Morgan fingerprint density at radius 2 is 2.24 bits per heavy atom. The third-order valence-electron chi connectivity index (χ3n) is 3.51. The molecule has 1 aliphatic rings. The average molecular weight is 330 g/mol. The number of hydrogen-bond acceptors (Lipinski definition) is 4. The number of phenolic OH excluding ortho intramolecular Hbond substituents is 1. The molecule has 0 bridgehead atoms. The van der Waals surface area contributed by atoms with Gasteiger partial charge in [-0.3, -0.25) is 9.69 Å². The number of likely N-dealkylation sites (N-methyl/N-ethyl adjacent to an activating group) is 1. The third kappa shape index (κ3) is 4.09. The first-order valence-electron chi connectivity index (χ1n) is 6.70. The first-order valence-corrected chi connectivity index (χ1v) is 7.46. The lowest BCUT2D eigenvalue weighted by atomic mass is 10.0. The molecular weight excluding hydrogens is 313 g/mol. The topological polar surface area (TPSA) is 64.9 Å². The van der Waals surface area contributed by atoms with Gasteiger partial charge in [-0.2, -0.15) is 5.10 Å². The summed E-state index contributed by atoms with van der Waals surface area (Å²) in [5, 5.41) is 14.2. The number of benzene rings is 1. The van der Waals surface area contributed by atoms with E-state index in [-0.39, 0.29) is 22.7 Å². The maximum Gasteiger partial charge on any atom is 0.257 e. The quantitative estimate of drug-likeness (QED) is 0.661. The minimum atomic E-state index is -0.160. The Hall–Kier alpha value is -1.30. The Morgan fingerprint density at radius 1 is 1.48 bits per heavy atom. The number of phenols is 1. The van der Waals surface area contributed by atoms with Gasteiger partial charge in [-0.25, -0.2) is 5.43 Å². The maximum atomic E-state index is 12.0. The summed E-state index contributed by atoms with van der Waals surface area (Å²) in [6.07, 6.45) is 4.30. The van der Waals surface area contributed by atoms with Crippen LogP contribution >= 0.6 is 23.2 Å². The molecule has 1 saturated heterocycles. The monoisotopic (exact) mass is 329 g/mol. The normalized spacial score (nSPS) is 19.9. The fourth-order valence-electron chi connectivity index (χ4n) is 2.33. The van der Waals surface area contributed by atoms with E-state index in [0.29, 0.717) is 10.6 Å². The lowest BCUT2D eigenvalue weighted by Gasteiger charge is -2.30. The summed E-state index contributed by atoms with van der Waals surface area (Å²) >= 11 is 11.7. The number of hydrogen-bond donors (Lipinski definition) is 2. The van der Waals surface area contributed by atoms with E-state index in [1.54, 1.807) is 0 Å². The number of rotatable bonds is 3. The number of aromatic hydroxyl groups is 1. The minimum Gasteiger partial charge on any atom is -0.506 e. The zero-order valence-corrected chi connectivity index (χ0v) is 13.2. The minimum absolute atomic E-state index is 0.117. The molecule has 5 nitrogen and oxygen atoms in total. The lowest BCUT2D eigenvalue weighted by molar-refractivity contribution is -0.126. The van der Waals surface area contributed by atoms with E-state index in [0.717, 1.165) is 25.8 Å². The first-order chi connectivity index (χ1) is 9.99.